The first kappa shape index (κ1) is 16.5. The van der Waals surface area contributed by atoms with Crippen LogP contribution in [0, 0.1) is 11.6 Å². The fourth-order valence-electron chi connectivity index (χ4n) is 1.76. The van der Waals surface area contributed by atoms with E-state index in [0.29, 0.717) is 0 Å². The zero-order valence-electron chi connectivity index (χ0n) is 10.9. The van der Waals surface area contributed by atoms with E-state index in [9.17, 15) is 18.7 Å². The first-order valence-electron chi connectivity index (χ1n) is 6.07. The molecule has 0 fully saturated rings. The standard InChI is InChI=1S/C13H17F2NO4/c1-7(17)6-16-11(5-12(18)19)13(20)9-4-8(14)2-3-10(9)15/h2-4,7,11,13,16-17,20H,5-6H2,1H3,(H,18,19). The topological polar surface area (TPSA) is 89.8 Å². The number of hydrogen-bond donors (Lipinski definition) is 4. The minimum atomic E-state index is -1.54. The third kappa shape index (κ3) is 4.84. The van der Waals surface area contributed by atoms with E-state index in [1.165, 1.54) is 6.92 Å². The summed E-state index contributed by atoms with van der Waals surface area (Å²) in [6.45, 7) is 1.49. The SMILES string of the molecule is CC(O)CNC(CC(=O)O)C(O)c1cc(F)ccc1F. The van der Waals surface area contributed by atoms with E-state index in [4.69, 9.17) is 10.2 Å². The molecule has 0 bridgehead atoms. The molecule has 0 aliphatic carbocycles. The Morgan fingerprint density at radius 1 is 1.35 bits per heavy atom. The van der Waals surface area contributed by atoms with Crippen LogP contribution >= 0.6 is 0 Å². The second-order valence-electron chi connectivity index (χ2n) is 4.57. The monoisotopic (exact) mass is 289 g/mol. The summed E-state index contributed by atoms with van der Waals surface area (Å²) in [5, 5.41) is 30.6. The zero-order valence-corrected chi connectivity index (χ0v) is 10.9. The molecule has 0 aromatic heterocycles. The number of aliphatic hydroxyl groups is 2. The van der Waals surface area contributed by atoms with Crippen molar-refractivity contribution >= 4 is 5.97 Å². The van der Waals surface area contributed by atoms with Gasteiger partial charge < -0.3 is 20.6 Å². The van der Waals surface area contributed by atoms with Gasteiger partial charge in [-0.2, -0.15) is 0 Å². The molecule has 3 unspecified atom stereocenters. The molecule has 0 spiro atoms. The maximum absolute atomic E-state index is 13.6. The summed E-state index contributed by atoms with van der Waals surface area (Å²) < 4.78 is 26.7. The lowest BCUT2D eigenvalue weighted by molar-refractivity contribution is -0.138. The summed E-state index contributed by atoms with van der Waals surface area (Å²) in [6.07, 6.45) is -2.81. The lowest BCUT2D eigenvalue weighted by Gasteiger charge is -2.24. The first-order valence-corrected chi connectivity index (χ1v) is 6.07. The van der Waals surface area contributed by atoms with E-state index < -0.39 is 42.3 Å². The van der Waals surface area contributed by atoms with Crippen molar-refractivity contribution in [3.05, 3.63) is 35.4 Å². The minimum Gasteiger partial charge on any atom is -0.481 e. The molecule has 7 heteroatoms. The molecule has 0 amide bonds. The average molecular weight is 289 g/mol. The first-order chi connectivity index (χ1) is 9.31. The van der Waals surface area contributed by atoms with E-state index >= 15 is 0 Å². The van der Waals surface area contributed by atoms with Gasteiger partial charge in [-0.25, -0.2) is 8.78 Å². The maximum Gasteiger partial charge on any atom is 0.305 e. The highest BCUT2D eigenvalue weighted by Crippen LogP contribution is 2.23. The summed E-state index contributed by atoms with van der Waals surface area (Å²) in [5.41, 5.74) is -0.325. The van der Waals surface area contributed by atoms with E-state index in [-0.39, 0.29) is 12.1 Å². The minimum absolute atomic E-state index is 0.0198. The van der Waals surface area contributed by atoms with E-state index in [2.05, 4.69) is 5.32 Å². The molecule has 0 saturated carbocycles. The van der Waals surface area contributed by atoms with Gasteiger partial charge in [0.05, 0.1) is 18.6 Å². The van der Waals surface area contributed by atoms with Gasteiger partial charge in [0.2, 0.25) is 0 Å². The summed E-state index contributed by atoms with van der Waals surface area (Å²) in [4.78, 5) is 10.8. The molecule has 4 N–H and O–H groups in total. The Balaban J connectivity index is 2.93. The van der Waals surface area contributed by atoms with Crippen molar-refractivity contribution in [2.45, 2.75) is 31.6 Å². The van der Waals surface area contributed by atoms with Crippen LogP contribution in [-0.4, -0.2) is 40.0 Å². The fourth-order valence-corrected chi connectivity index (χ4v) is 1.76. The zero-order chi connectivity index (χ0) is 15.3. The maximum atomic E-state index is 13.6. The van der Waals surface area contributed by atoms with Crippen molar-refractivity contribution in [1.82, 2.24) is 5.32 Å². The van der Waals surface area contributed by atoms with Crippen LogP contribution in [0.5, 0.6) is 0 Å². The van der Waals surface area contributed by atoms with E-state index in [1.807, 2.05) is 0 Å². The molecule has 112 valence electrons. The number of halogens is 2. The van der Waals surface area contributed by atoms with Crippen LogP contribution < -0.4 is 5.32 Å². The number of hydrogen-bond acceptors (Lipinski definition) is 4. The largest absolute Gasteiger partial charge is 0.481 e. The molecule has 1 rings (SSSR count). The summed E-state index contributed by atoms with van der Waals surface area (Å²) >= 11 is 0. The Morgan fingerprint density at radius 2 is 2.00 bits per heavy atom. The van der Waals surface area contributed by atoms with Gasteiger partial charge in [0.1, 0.15) is 11.6 Å². The second-order valence-corrected chi connectivity index (χ2v) is 4.57. The lowest BCUT2D eigenvalue weighted by atomic mass is 9.99. The van der Waals surface area contributed by atoms with Crippen LogP contribution in [0.2, 0.25) is 0 Å². The summed E-state index contributed by atoms with van der Waals surface area (Å²) in [5.74, 6) is -2.76. The quantitative estimate of drug-likeness (QED) is 0.596. The average Bonchev–Trinajstić information content (AvgIpc) is 2.36. The van der Waals surface area contributed by atoms with Gasteiger partial charge in [0.15, 0.2) is 0 Å². The highest BCUT2D eigenvalue weighted by molar-refractivity contribution is 5.67. The van der Waals surface area contributed by atoms with Crippen LogP contribution in [0.1, 0.15) is 25.0 Å². The Hall–Kier alpha value is -1.57. The Kier molecular flexibility index (Phi) is 6.00. The smallest absolute Gasteiger partial charge is 0.305 e. The number of carboxylic acids is 1. The highest BCUT2D eigenvalue weighted by Gasteiger charge is 2.26. The van der Waals surface area contributed by atoms with Gasteiger partial charge in [-0.3, -0.25) is 4.79 Å². The number of aliphatic carboxylic acids is 1. The number of nitrogens with one attached hydrogen (secondary N) is 1. The molecule has 0 heterocycles. The van der Waals surface area contributed by atoms with Gasteiger partial charge in [-0.05, 0) is 25.1 Å². The number of carbonyl (C=O) groups is 1. The predicted molar refractivity (Wildman–Crippen MR) is 67.0 cm³/mol. The van der Waals surface area contributed by atoms with Crippen LogP contribution in [0.25, 0.3) is 0 Å². The molecular formula is C13H17F2NO4. The Morgan fingerprint density at radius 3 is 2.55 bits per heavy atom. The summed E-state index contributed by atoms with van der Waals surface area (Å²) in [6, 6.07) is 1.54. The van der Waals surface area contributed by atoms with Crippen molar-refractivity contribution in [1.29, 1.82) is 0 Å². The second kappa shape index (κ2) is 7.28. The molecule has 0 aliphatic rings. The third-order valence-electron chi connectivity index (χ3n) is 2.73. The Labute approximate surface area is 114 Å². The van der Waals surface area contributed by atoms with Gasteiger partial charge >= 0.3 is 5.97 Å². The van der Waals surface area contributed by atoms with Crippen molar-refractivity contribution in [3.63, 3.8) is 0 Å². The normalized spacial score (nSPS) is 15.7. The van der Waals surface area contributed by atoms with Crippen LogP contribution in [0.4, 0.5) is 8.78 Å². The van der Waals surface area contributed by atoms with Crippen LogP contribution in [-0.2, 0) is 4.79 Å². The molecule has 0 aliphatic heterocycles. The van der Waals surface area contributed by atoms with Crippen molar-refractivity contribution in [2.75, 3.05) is 6.54 Å². The van der Waals surface area contributed by atoms with E-state index in [0.717, 1.165) is 18.2 Å². The highest BCUT2D eigenvalue weighted by atomic mass is 19.1. The van der Waals surface area contributed by atoms with Gasteiger partial charge in [-0.1, -0.05) is 0 Å². The van der Waals surface area contributed by atoms with Crippen molar-refractivity contribution < 1.29 is 28.9 Å². The summed E-state index contributed by atoms with van der Waals surface area (Å²) in [7, 11) is 0. The number of rotatable bonds is 7. The molecule has 0 radical (unpaired) electrons. The Bertz CT molecular complexity index is 468. The molecule has 3 atom stereocenters. The number of benzene rings is 1. The van der Waals surface area contributed by atoms with Gasteiger partial charge in [-0.15, -0.1) is 0 Å². The van der Waals surface area contributed by atoms with E-state index in [1.54, 1.807) is 0 Å². The lowest BCUT2D eigenvalue weighted by Crippen LogP contribution is -2.40. The van der Waals surface area contributed by atoms with Crippen molar-refractivity contribution in [2.24, 2.45) is 0 Å². The van der Waals surface area contributed by atoms with Crippen LogP contribution in [0.15, 0.2) is 18.2 Å². The molecule has 1 aromatic rings. The van der Waals surface area contributed by atoms with Gasteiger partial charge in [0, 0.05) is 18.2 Å². The third-order valence-corrected chi connectivity index (χ3v) is 2.73. The molecule has 1 aromatic carbocycles. The number of carboxylic acid groups (broad SMARTS) is 1. The predicted octanol–water partition coefficient (Wildman–Crippen LogP) is 0.812. The fraction of sp³-hybridized carbons (Fsp3) is 0.462. The molecular weight excluding hydrogens is 272 g/mol. The number of aliphatic hydroxyl groups excluding tert-OH is 2. The van der Waals surface area contributed by atoms with Gasteiger partial charge in [0.25, 0.3) is 0 Å². The van der Waals surface area contributed by atoms with Crippen molar-refractivity contribution in [3.8, 4) is 0 Å². The molecule has 5 nitrogen and oxygen atoms in total. The van der Waals surface area contributed by atoms with Crippen LogP contribution in [0.3, 0.4) is 0 Å². The molecule has 20 heavy (non-hydrogen) atoms. The molecule has 0 saturated heterocycles.